The van der Waals surface area contributed by atoms with Crippen LogP contribution in [0.15, 0.2) is 24.3 Å². The van der Waals surface area contributed by atoms with Gasteiger partial charge in [-0.3, -0.25) is 4.79 Å². The number of benzene rings is 1. The maximum absolute atomic E-state index is 12.2. The van der Waals surface area contributed by atoms with Crippen LogP contribution in [0.1, 0.15) is 36.2 Å². The molecule has 1 aromatic heterocycles. The van der Waals surface area contributed by atoms with Crippen LogP contribution in [0.25, 0.3) is 0 Å². The highest BCUT2D eigenvalue weighted by atomic mass is 16.5. The fourth-order valence-electron chi connectivity index (χ4n) is 3.15. The molecule has 1 amide bonds. The highest BCUT2D eigenvalue weighted by Gasteiger charge is 2.19. The van der Waals surface area contributed by atoms with E-state index in [1.54, 1.807) is 45.6 Å². The molecule has 0 spiro atoms. The Morgan fingerprint density at radius 3 is 2.19 bits per heavy atom. The molecule has 27 heavy (non-hydrogen) atoms. The van der Waals surface area contributed by atoms with Crippen LogP contribution >= 0.6 is 0 Å². The number of carbonyl (C=O) groups is 1. The molecular formula is C19H24N4O4. The van der Waals surface area contributed by atoms with Gasteiger partial charge in [0.25, 0.3) is 5.91 Å². The Balaban J connectivity index is 1.71. The Labute approximate surface area is 158 Å². The molecule has 0 saturated heterocycles. The molecule has 2 aromatic rings. The van der Waals surface area contributed by atoms with E-state index in [-0.39, 0.29) is 11.9 Å². The number of nitrogens with zero attached hydrogens (tertiary/aromatic N) is 2. The Hall–Kier alpha value is -3.03. The van der Waals surface area contributed by atoms with Crippen molar-refractivity contribution >= 4 is 17.4 Å². The van der Waals surface area contributed by atoms with Crippen LogP contribution in [0.5, 0.6) is 17.2 Å². The summed E-state index contributed by atoms with van der Waals surface area (Å²) in [5, 5.41) is 14.2. The summed E-state index contributed by atoms with van der Waals surface area (Å²) in [6, 6.07) is 7.14. The minimum Gasteiger partial charge on any atom is -0.493 e. The van der Waals surface area contributed by atoms with Crippen molar-refractivity contribution in [3.8, 4) is 17.2 Å². The quantitative estimate of drug-likeness (QED) is 0.771. The highest BCUT2D eigenvalue weighted by Crippen LogP contribution is 2.40. The van der Waals surface area contributed by atoms with Crippen molar-refractivity contribution in [1.82, 2.24) is 15.5 Å². The zero-order chi connectivity index (χ0) is 19.2. The van der Waals surface area contributed by atoms with Gasteiger partial charge in [-0.1, -0.05) is 12.8 Å². The Kier molecular flexibility index (Phi) is 5.95. The average molecular weight is 372 g/mol. The lowest BCUT2D eigenvalue weighted by Crippen LogP contribution is -2.33. The van der Waals surface area contributed by atoms with Crippen molar-refractivity contribution in [3.05, 3.63) is 30.0 Å². The van der Waals surface area contributed by atoms with Crippen molar-refractivity contribution in [2.24, 2.45) is 0 Å². The maximum Gasteiger partial charge on any atom is 0.272 e. The predicted octanol–water partition coefficient (Wildman–Crippen LogP) is 2.92. The van der Waals surface area contributed by atoms with Gasteiger partial charge >= 0.3 is 0 Å². The molecule has 1 aliphatic rings. The third-order valence-corrected chi connectivity index (χ3v) is 4.52. The van der Waals surface area contributed by atoms with Crippen LogP contribution in [0.2, 0.25) is 0 Å². The molecule has 3 rings (SSSR count). The number of carbonyl (C=O) groups excluding carboxylic acids is 1. The van der Waals surface area contributed by atoms with E-state index in [0.717, 1.165) is 25.7 Å². The summed E-state index contributed by atoms with van der Waals surface area (Å²) in [4.78, 5) is 12.2. The van der Waals surface area contributed by atoms with Crippen LogP contribution in [0.4, 0.5) is 11.5 Å². The normalized spacial score (nSPS) is 13.9. The largest absolute Gasteiger partial charge is 0.493 e. The number of anilines is 2. The van der Waals surface area contributed by atoms with Gasteiger partial charge < -0.3 is 24.8 Å². The number of hydrogen-bond donors (Lipinski definition) is 2. The Bertz CT molecular complexity index is 764. The average Bonchev–Trinajstić information content (AvgIpc) is 3.20. The summed E-state index contributed by atoms with van der Waals surface area (Å²) < 4.78 is 16.0. The molecular weight excluding hydrogens is 348 g/mol. The number of rotatable bonds is 7. The van der Waals surface area contributed by atoms with Gasteiger partial charge in [-0.2, -0.15) is 0 Å². The van der Waals surface area contributed by atoms with Crippen LogP contribution in [-0.2, 0) is 0 Å². The zero-order valence-corrected chi connectivity index (χ0v) is 15.7. The summed E-state index contributed by atoms with van der Waals surface area (Å²) >= 11 is 0. The standard InChI is InChI=1S/C19H24N4O4/c1-25-15-10-13(11-16(26-2)18(15)27-3)20-17-9-8-14(22-23-17)19(24)21-12-6-4-5-7-12/h8-12H,4-7H2,1-3H3,(H,20,23)(H,21,24). The van der Waals surface area contributed by atoms with E-state index in [2.05, 4.69) is 20.8 Å². The second-order valence-corrected chi connectivity index (χ2v) is 6.30. The molecule has 144 valence electrons. The van der Waals surface area contributed by atoms with Gasteiger partial charge in [0.05, 0.1) is 21.3 Å². The van der Waals surface area contributed by atoms with Gasteiger partial charge in [0.2, 0.25) is 5.75 Å². The number of methoxy groups -OCH3 is 3. The number of ether oxygens (including phenoxy) is 3. The van der Waals surface area contributed by atoms with Gasteiger partial charge in [-0.25, -0.2) is 0 Å². The molecule has 8 nitrogen and oxygen atoms in total. The van der Waals surface area contributed by atoms with Gasteiger partial charge in [-0.05, 0) is 25.0 Å². The summed E-state index contributed by atoms with van der Waals surface area (Å²) in [5.41, 5.74) is 0.999. The Morgan fingerprint density at radius 1 is 1.00 bits per heavy atom. The van der Waals surface area contributed by atoms with Crippen molar-refractivity contribution in [3.63, 3.8) is 0 Å². The molecule has 1 fully saturated rings. The lowest BCUT2D eigenvalue weighted by atomic mass is 10.2. The summed E-state index contributed by atoms with van der Waals surface area (Å²) in [6.07, 6.45) is 4.38. The van der Waals surface area contributed by atoms with E-state index in [4.69, 9.17) is 14.2 Å². The minimum atomic E-state index is -0.186. The SMILES string of the molecule is COc1cc(Nc2ccc(C(=O)NC3CCCC3)nn2)cc(OC)c1OC. The van der Waals surface area contributed by atoms with E-state index in [9.17, 15) is 4.79 Å². The number of hydrogen-bond acceptors (Lipinski definition) is 7. The third kappa shape index (κ3) is 4.39. The topological polar surface area (TPSA) is 94.6 Å². The first-order chi connectivity index (χ1) is 13.1. The van der Waals surface area contributed by atoms with Gasteiger partial charge in [0, 0.05) is 23.9 Å². The van der Waals surface area contributed by atoms with Crippen LogP contribution < -0.4 is 24.8 Å². The molecule has 0 aliphatic heterocycles. The number of nitrogens with one attached hydrogen (secondary N) is 2. The van der Waals surface area contributed by atoms with Crippen molar-refractivity contribution in [1.29, 1.82) is 0 Å². The van der Waals surface area contributed by atoms with Gasteiger partial charge in [-0.15, -0.1) is 10.2 Å². The first kappa shape index (κ1) is 18.8. The highest BCUT2D eigenvalue weighted by molar-refractivity contribution is 5.92. The summed E-state index contributed by atoms with van der Waals surface area (Å²) in [5.74, 6) is 1.88. The minimum absolute atomic E-state index is 0.186. The molecule has 0 radical (unpaired) electrons. The lowest BCUT2D eigenvalue weighted by Gasteiger charge is -2.15. The van der Waals surface area contributed by atoms with Gasteiger partial charge in [0.15, 0.2) is 23.0 Å². The number of amides is 1. The maximum atomic E-state index is 12.2. The molecule has 8 heteroatoms. The first-order valence-corrected chi connectivity index (χ1v) is 8.86. The van der Waals surface area contributed by atoms with Crippen LogP contribution in [-0.4, -0.2) is 43.5 Å². The molecule has 1 aliphatic carbocycles. The van der Waals surface area contributed by atoms with Crippen LogP contribution in [0.3, 0.4) is 0 Å². The van der Waals surface area contributed by atoms with E-state index < -0.39 is 0 Å². The third-order valence-electron chi connectivity index (χ3n) is 4.52. The molecule has 2 N–H and O–H groups in total. The molecule has 1 heterocycles. The van der Waals surface area contributed by atoms with Gasteiger partial charge in [0.1, 0.15) is 0 Å². The summed E-state index contributed by atoms with van der Waals surface area (Å²) in [6.45, 7) is 0. The lowest BCUT2D eigenvalue weighted by molar-refractivity contribution is 0.0932. The fraction of sp³-hybridized carbons (Fsp3) is 0.421. The predicted molar refractivity (Wildman–Crippen MR) is 101 cm³/mol. The number of aromatic nitrogens is 2. The van der Waals surface area contributed by atoms with Crippen molar-refractivity contribution in [2.45, 2.75) is 31.7 Å². The Morgan fingerprint density at radius 2 is 1.67 bits per heavy atom. The molecule has 1 saturated carbocycles. The van der Waals surface area contributed by atoms with Crippen LogP contribution in [0, 0.1) is 0 Å². The van der Waals surface area contributed by atoms with E-state index in [0.29, 0.717) is 34.4 Å². The van der Waals surface area contributed by atoms with Crippen molar-refractivity contribution < 1.29 is 19.0 Å². The van der Waals surface area contributed by atoms with E-state index in [1.165, 1.54) is 0 Å². The van der Waals surface area contributed by atoms with E-state index in [1.807, 2.05) is 0 Å². The second kappa shape index (κ2) is 8.57. The second-order valence-electron chi connectivity index (χ2n) is 6.30. The van der Waals surface area contributed by atoms with E-state index >= 15 is 0 Å². The zero-order valence-electron chi connectivity index (χ0n) is 15.7. The monoisotopic (exact) mass is 372 g/mol. The smallest absolute Gasteiger partial charge is 0.272 e. The molecule has 1 aromatic carbocycles. The summed E-state index contributed by atoms with van der Waals surface area (Å²) in [7, 11) is 4.66. The first-order valence-electron chi connectivity index (χ1n) is 8.86. The molecule has 0 atom stereocenters. The fourth-order valence-corrected chi connectivity index (χ4v) is 3.15. The molecule has 0 unspecified atom stereocenters. The van der Waals surface area contributed by atoms with Crippen molar-refractivity contribution in [2.75, 3.05) is 26.6 Å². The molecule has 0 bridgehead atoms.